The molecule has 7 rings (SSSR count). The summed E-state index contributed by atoms with van der Waals surface area (Å²) in [7, 11) is 0. The van der Waals surface area contributed by atoms with Gasteiger partial charge in [-0.15, -0.1) is 11.3 Å². The Morgan fingerprint density at radius 2 is 1.64 bits per heavy atom. The van der Waals surface area contributed by atoms with Crippen molar-refractivity contribution in [3.8, 4) is 28.3 Å². The van der Waals surface area contributed by atoms with Crippen LogP contribution in [0.2, 0.25) is 0 Å². The monoisotopic (exact) mass is 614 g/mol. The summed E-state index contributed by atoms with van der Waals surface area (Å²) in [5.74, 6) is -1.36. The number of nitrogen functional groups attached to an aromatic ring is 1. The minimum Gasteiger partial charge on any atom is -0.383 e. The number of nitrogens with zero attached hydrogens (tertiary/aromatic N) is 5. The molecule has 6 N–H and O–H groups in total. The van der Waals surface area contributed by atoms with E-state index in [1.165, 1.54) is 0 Å². The Morgan fingerprint density at radius 1 is 0.867 bits per heavy atom. The molecule has 0 unspecified atom stereocenters. The summed E-state index contributed by atoms with van der Waals surface area (Å²) in [6.45, 7) is 0. The SMILES string of the molecule is NC(=O)c1nc2c(Cc3ccc(-n4c(-c5cccnc5N)nc5ccc(-c6ccccc6)nc54)cc3)c(F)cc(C(N)=O)c2s1. The first-order chi connectivity index (χ1) is 21.8. The molecule has 0 saturated heterocycles. The maximum absolute atomic E-state index is 15.4. The van der Waals surface area contributed by atoms with Gasteiger partial charge in [0.15, 0.2) is 16.5 Å². The van der Waals surface area contributed by atoms with Gasteiger partial charge in [-0.1, -0.05) is 42.5 Å². The van der Waals surface area contributed by atoms with Crippen molar-refractivity contribution in [2.75, 3.05) is 5.73 Å². The molecule has 0 fully saturated rings. The van der Waals surface area contributed by atoms with Crippen LogP contribution < -0.4 is 17.2 Å². The van der Waals surface area contributed by atoms with E-state index in [-0.39, 0.29) is 28.1 Å². The normalized spacial score (nSPS) is 11.3. The lowest BCUT2D eigenvalue weighted by Crippen LogP contribution is -2.12. The fourth-order valence-corrected chi connectivity index (χ4v) is 6.25. The molecule has 0 bridgehead atoms. The molecule has 45 heavy (non-hydrogen) atoms. The zero-order chi connectivity index (χ0) is 31.2. The third kappa shape index (κ3) is 4.92. The van der Waals surface area contributed by atoms with Gasteiger partial charge in [-0.05, 0) is 48.0 Å². The average molecular weight is 615 g/mol. The number of hydrogen-bond acceptors (Lipinski definition) is 8. The third-order valence-corrected chi connectivity index (χ3v) is 8.53. The molecule has 0 aliphatic heterocycles. The van der Waals surface area contributed by atoms with Crippen LogP contribution in [0.25, 0.3) is 49.7 Å². The first-order valence-electron chi connectivity index (χ1n) is 13.7. The Labute approximate surface area is 259 Å². The average Bonchev–Trinajstić information content (AvgIpc) is 3.66. The topological polar surface area (TPSA) is 169 Å². The van der Waals surface area contributed by atoms with Gasteiger partial charge in [0.1, 0.15) is 17.2 Å². The number of pyridine rings is 2. The van der Waals surface area contributed by atoms with E-state index in [1.54, 1.807) is 12.3 Å². The van der Waals surface area contributed by atoms with Gasteiger partial charge in [-0.25, -0.2) is 24.3 Å². The first-order valence-corrected chi connectivity index (χ1v) is 14.6. The molecule has 0 aliphatic rings. The van der Waals surface area contributed by atoms with Crippen LogP contribution in [0, 0.1) is 5.82 Å². The highest BCUT2D eigenvalue weighted by Crippen LogP contribution is 2.34. The zero-order valence-electron chi connectivity index (χ0n) is 23.4. The molecule has 0 aliphatic carbocycles. The molecule has 2 amide bonds. The lowest BCUT2D eigenvalue weighted by molar-refractivity contribution is 0.0992. The number of carbonyl (C=O) groups is 2. The van der Waals surface area contributed by atoms with Gasteiger partial charge >= 0.3 is 0 Å². The van der Waals surface area contributed by atoms with Gasteiger partial charge < -0.3 is 17.2 Å². The van der Waals surface area contributed by atoms with E-state index >= 15 is 4.39 Å². The smallest absolute Gasteiger partial charge is 0.277 e. The first kappa shape index (κ1) is 27.8. The van der Waals surface area contributed by atoms with E-state index in [9.17, 15) is 9.59 Å². The van der Waals surface area contributed by atoms with Gasteiger partial charge in [-0.3, -0.25) is 14.2 Å². The van der Waals surface area contributed by atoms with Gasteiger partial charge in [0.25, 0.3) is 5.91 Å². The molecule has 10 nitrogen and oxygen atoms in total. The van der Waals surface area contributed by atoms with Crippen LogP contribution >= 0.6 is 11.3 Å². The second kappa shape index (κ2) is 10.9. The number of imidazole rings is 1. The Hall–Kier alpha value is -6.01. The fraction of sp³-hybridized carbons (Fsp3) is 0.0303. The largest absolute Gasteiger partial charge is 0.383 e. The van der Waals surface area contributed by atoms with Gasteiger partial charge in [0.05, 0.1) is 27.0 Å². The molecule has 3 aromatic carbocycles. The molecular formula is C33H23FN8O2S. The molecule has 220 valence electrons. The predicted octanol–water partition coefficient (Wildman–Crippen LogP) is 5.27. The van der Waals surface area contributed by atoms with Crippen LogP contribution in [0.15, 0.2) is 91.1 Å². The van der Waals surface area contributed by atoms with Crippen LogP contribution in [0.3, 0.4) is 0 Å². The summed E-state index contributed by atoms with van der Waals surface area (Å²) in [5.41, 5.74) is 22.7. The number of anilines is 1. The maximum Gasteiger partial charge on any atom is 0.277 e. The van der Waals surface area contributed by atoms with Crippen LogP contribution in [0.1, 0.15) is 31.3 Å². The highest BCUT2D eigenvalue weighted by atomic mass is 32.1. The number of hydrogen-bond donors (Lipinski definition) is 3. The van der Waals surface area contributed by atoms with Crippen LogP contribution in [-0.4, -0.2) is 36.3 Å². The van der Waals surface area contributed by atoms with Crippen molar-refractivity contribution >= 4 is 50.3 Å². The van der Waals surface area contributed by atoms with Crippen molar-refractivity contribution in [3.05, 3.63) is 119 Å². The summed E-state index contributed by atoms with van der Waals surface area (Å²) < 4.78 is 17.6. The van der Waals surface area contributed by atoms with Crippen LogP contribution in [-0.2, 0) is 6.42 Å². The summed E-state index contributed by atoms with van der Waals surface area (Å²) in [5, 5.41) is -0.0359. The van der Waals surface area contributed by atoms with Gasteiger partial charge in [0.2, 0.25) is 5.91 Å². The van der Waals surface area contributed by atoms with E-state index < -0.39 is 17.6 Å². The van der Waals surface area contributed by atoms with Crippen molar-refractivity contribution in [2.24, 2.45) is 11.5 Å². The number of rotatable bonds is 7. The standard InChI is InChI=1S/C33H23FN8O2S/c34-23-16-22(29(36)43)27-26(41-33(45-27)30(37)44)21(23)15-17-8-10-19(11-9-17)42-31(20-7-4-14-38-28(20)35)40-25-13-12-24(39-32(25)42)18-5-2-1-3-6-18/h1-14,16H,15H2,(H2,35,38)(H2,36,43)(H2,37,44). The number of halogens is 1. The Kier molecular flexibility index (Phi) is 6.75. The number of carbonyl (C=O) groups excluding carboxylic acids is 2. The van der Waals surface area contributed by atoms with Crippen molar-refractivity contribution in [3.63, 3.8) is 0 Å². The molecule has 4 aromatic heterocycles. The molecule has 0 spiro atoms. The number of benzene rings is 3. The Morgan fingerprint density at radius 3 is 2.36 bits per heavy atom. The lowest BCUT2D eigenvalue weighted by Gasteiger charge is -2.12. The van der Waals surface area contributed by atoms with E-state index in [4.69, 9.17) is 27.2 Å². The molecule has 0 radical (unpaired) electrons. The molecule has 4 heterocycles. The number of nitrogens with two attached hydrogens (primary N) is 3. The van der Waals surface area contributed by atoms with Crippen molar-refractivity contribution in [1.82, 2.24) is 24.5 Å². The van der Waals surface area contributed by atoms with Gasteiger partial charge in [0, 0.05) is 29.4 Å². The predicted molar refractivity (Wildman–Crippen MR) is 171 cm³/mol. The highest BCUT2D eigenvalue weighted by molar-refractivity contribution is 7.20. The number of fused-ring (bicyclic) bond motifs is 2. The van der Waals surface area contributed by atoms with Crippen LogP contribution in [0.4, 0.5) is 10.2 Å². The van der Waals surface area contributed by atoms with E-state index in [2.05, 4.69) is 9.97 Å². The van der Waals surface area contributed by atoms with E-state index in [0.29, 0.717) is 33.1 Å². The van der Waals surface area contributed by atoms with Crippen LogP contribution in [0.5, 0.6) is 0 Å². The summed E-state index contributed by atoms with van der Waals surface area (Å²) in [6.07, 6.45) is 1.75. The molecule has 7 aromatic rings. The maximum atomic E-state index is 15.4. The van der Waals surface area contributed by atoms with E-state index in [0.717, 1.165) is 39.9 Å². The molecule has 0 saturated carbocycles. The number of amides is 2. The summed E-state index contributed by atoms with van der Waals surface area (Å²) in [6, 6.07) is 25.9. The minimum atomic E-state index is -0.823. The van der Waals surface area contributed by atoms with Crippen molar-refractivity contribution in [1.29, 1.82) is 0 Å². The number of aromatic nitrogens is 5. The number of thiazole rings is 1. The zero-order valence-corrected chi connectivity index (χ0v) is 24.3. The Balaban J connectivity index is 1.34. The van der Waals surface area contributed by atoms with E-state index in [1.807, 2.05) is 77.4 Å². The highest BCUT2D eigenvalue weighted by Gasteiger charge is 2.22. The molecular weight excluding hydrogens is 591 g/mol. The lowest BCUT2D eigenvalue weighted by atomic mass is 10.0. The van der Waals surface area contributed by atoms with Gasteiger partial charge in [-0.2, -0.15) is 0 Å². The summed E-state index contributed by atoms with van der Waals surface area (Å²) >= 11 is 0.910. The minimum absolute atomic E-state index is 0.0359. The van der Waals surface area contributed by atoms with Crippen molar-refractivity contribution < 1.29 is 14.0 Å². The Bertz CT molecular complexity index is 2280. The molecule has 0 atom stereocenters. The second-order valence-corrected chi connectivity index (χ2v) is 11.3. The summed E-state index contributed by atoms with van der Waals surface area (Å²) in [4.78, 5) is 42.2. The fourth-order valence-electron chi connectivity index (χ4n) is 5.28. The molecule has 12 heteroatoms. The third-order valence-electron chi connectivity index (χ3n) is 7.42. The number of primary amides is 2. The second-order valence-electron chi connectivity index (χ2n) is 10.3. The van der Waals surface area contributed by atoms with Crippen molar-refractivity contribution in [2.45, 2.75) is 6.42 Å². The quantitative estimate of drug-likeness (QED) is 0.220.